The number of rotatable bonds is 4. The van der Waals surface area contributed by atoms with Crippen LogP contribution in [0.5, 0.6) is 11.5 Å². The van der Waals surface area contributed by atoms with Crippen LogP contribution in [0.4, 0.5) is 4.39 Å². The van der Waals surface area contributed by atoms with E-state index >= 15 is 0 Å². The van der Waals surface area contributed by atoms with Crippen LogP contribution >= 0.6 is 0 Å². The second-order valence-corrected chi connectivity index (χ2v) is 6.03. The van der Waals surface area contributed by atoms with Gasteiger partial charge in [0.05, 0.1) is 5.69 Å². The highest BCUT2D eigenvalue weighted by atomic mass is 19.1. The lowest BCUT2D eigenvalue weighted by molar-refractivity contribution is 0.0940. The maximum absolute atomic E-state index is 13.1. The normalized spacial score (nSPS) is 12.7. The van der Waals surface area contributed by atoms with Crippen molar-refractivity contribution in [2.24, 2.45) is 0 Å². The lowest BCUT2D eigenvalue weighted by Gasteiger charge is -2.18. The fourth-order valence-electron chi connectivity index (χ4n) is 2.77. The molecular formula is C19H17FN4O3. The molecule has 0 radical (unpaired) electrons. The van der Waals surface area contributed by atoms with Gasteiger partial charge in [0.25, 0.3) is 5.91 Å². The van der Waals surface area contributed by atoms with Crippen LogP contribution in [-0.2, 0) is 6.54 Å². The molecule has 1 aliphatic rings. The Kier molecular flexibility index (Phi) is 4.45. The Morgan fingerprint density at radius 3 is 2.67 bits per heavy atom. The van der Waals surface area contributed by atoms with Crippen LogP contribution in [0.3, 0.4) is 0 Å². The zero-order valence-corrected chi connectivity index (χ0v) is 14.6. The minimum absolute atomic E-state index is 0.0503. The number of benzene rings is 2. The molecule has 0 atom stereocenters. The maximum atomic E-state index is 13.1. The minimum Gasteiger partial charge on any atom is -0.486 e. The van der Waals surface area contributed by atoms with Crippen LogP contribution in [0.15, 0.2) is 42.5 Å². The SMILES string of the molecule is Cc1nc(C(=O)NCc2ccc3c(c2)OCCO3)nn1-c1ccc(F)cc1. The van der Waals surface area contributed by atoms with Crippen LogP contribution < -0.4 is 14.8 Å². The zero-order chi connectivity index (χ0) is 18.8. The summed E-state index contributed by atoms with van der Waals surface area (Å²) in [4.78, 5) is 16.6. The average Bonchev–Trinajstić information content (AvgIpc) is 3.08. The molecule has 0 saturated heterocycles. The Balaban J connectivity index is 1.46. The number of carbonyl (C=O) groups is 1. The number of amides is 1. The third-order valence-corrected chi connectivity index (χ3v) is 4.10. The van der Waals surface area contributed by atoms with Gasteiger partial charge in [0.1, 0.15) is 24.9 Å². The van der Waals surface area contributed by atoms with E-state index in [-0.39, 0.29) is 11.6 Å². The molecule has 0 aliphatic carbocycles. The topological polar surface area (TPSA) is 78.3 Å². The number of hydrogen-bond acceptors (Lipinski definition) is 5. The summed E-state index contributed by atoms with van der Waals surface area (Å²) in [5.41, 5.74) is 1.51. The van der Waals surface area contributed by atoms with E-state index in [4.69, 9.17) is 9.47 Å². The van der Waals surface area contributed by atoms with Gasteiger partial charge in [-0.2, -0.15) is 0 Å². The number of aromatic nitrogens is 3. The van der Waals surface area contributed by atoms with Gasteiger partial charge >= 0.3 is 0 Å². The van der Waals surface area contributed by atoms with E-state index in [9.17, 15) is 9.18 Å². The van der Waals surface area contributed by atoms with Crippen molar-refractivity contribution >= 4 is 5.91 Å². The number of nitrogens with zero attached hydrogens (tertiary/aromatic N) is 3. The minimum atomic E-state index is -0.395. The summed E-state index contributed by atoms with van der Waals surface area (Å²) in [6.45, 7) is 3.07. The van der Waals surface area contributed by atoms with E-state index in [1.807, 2.05) is 18.2 Å². The van der Waals surface area contributed by atoms with Crippen LogP contribution in [0.1, 0.15) is 22.0 Å². The summed E-state index contributed by atoms with van der Waals surface area (Å²) in [6.07, 6.45) is 0. The summed E-state index contributed by atoms with van der Waals surface area (Å²) in [5.74, 6) is 1.22. The highest BCUT2D eigenvalue weighted by Crippen LogP contribution is 2.30. The van der Waals surface area contributed by atoms with Crippen LogP contribution in [0.25, 0.3) is 5.69 Å². The molecular weight excluding hydrogens is 351 g/mol. The van der Waals surface area contributed by atoms with Crippen molar-refractivity contribution in [2.45, 2.75) is 13.5 Å². The average molecular weight is 368 g/mol. The molecule has 2 heterocycles. The molecule has 1 amide bonds. The Morgan fingerprint density at radius 2 is 1.89 bits per heavy atom. The Morgan fingerprint density at radius 1 is 1.15 bits per heavy atom. The lowest BCUT2D eigenvalue weighted by Crippen LogP contribution is -2.24. The van der Waals surface area contributed by atoms with Crippen molar-refractivity contribution in [1.29, 1.82) is 0 Å². The molecule has 0 bridgehead atoms. The molecule has 0 spiro atoms. The van der Waals surface area contributed by atoms with Gasteiger partial charge in [-0.15, -0.1) is 5.10 Å². The number of halogens is 1. The maximum Gasteiger partial charge on any atom is 0.291 e. The second kappa shape index (κ2) is 7.06. The molecule has 1 N–H and O–H groups in total. The number of fused-ring (bicyclic) bond motifs is 1. The van der Waals surface area contributed by atoms with Gasteiger partial charge in [-0.25, -0.2) is 14.1 Å². The third-order valence-electron chi connectivity index (χ3n) is 4.10. The molecule has 4 rings (SSSR count). The fraction of sp³-hybridized carbons (Fsp3) is 0.211. The number of hydrogen-bond donors (Lipinski definition) is 1. The molecule has 8 heteroatoms. The van der Waals surface area contributed by atoms with Gasteiger partial charge in [-0.1, -0.05) is 6.07 Å². The van der Waals surface area contributed by atoms with Gasteiger partial charge < -0.3 is 14.8 Å². The van der Waals surface area contributed by atoms with E-state index in [0.717, 1.165) is 5.56 Å². The summed E-state index contributed by atoms with van der Waals surface area (Å²) in [6, 6.07) is 11.3. The zero-order valence-electron chi connectivity index (χ0n) is 14.6. The fourth-order valence-corrected chi connectivity index (χ4v) is 2.77. The first-order valence-electron chi connectivity index (χ1n) is 8.46. The molecule has 1 aromatic heterocycles. The molecule has 0 saturated carbocycles. The van der Waals surface area contributed by atoms with Gasteiger partial charge in [0.15, 0.2) is 11.5 Å². The molecule has 1 aliphatic heterocycles. The number of nitrogens with one attached hydrogen (secondary N) is 1. The Bertz CT molecular complexity index is 985. The predicted molar refractivity (Wildman–Crippen MR) is 94.7 cm³/mol. The molecule has 138 valence electrons. The molecule has 2 aromatic carbocycles. The van der Waals surface area contributed by atoms with E-state index in [2.05, 4.69) is 15.4 Å². The first kappa shape index (κ1) is 17.0. The quantitative estimate of drug-likeness (QED) is 0.765. The largest absolute Gasteiger partial charge is 0.486 e. The van der Waals surface area contributed by atoms with E-state index in [0.29, 0.717) is 42.8 Å². The van der Waals surface area contributed by atoms with Crippen molar-refractivity contribution in [2.75, 3.05) is 13.2 Å². The van der Waals surface area contributed by atoms with E-state index < -0.39 is 5.91 Å². The predicted octanol–water partition coefficient (Wildman–Crippen LogP) is 2.42. The summed E-state index contributed by atoms with van der Waals surface area (Å²) >= 11 is 0. The standard InChI is InChI=1S/C19H17FN4O3/c1-12-22-18(23-24(12)15-5-3-14(20)4-6-15)19(25)21-11-13-2-7-16-17(10-13)27-9-8-26-16/h2-7,10H,8-9,11H2,1H3,(H,21,25). The molecule has 0 fully saturated rings. The third kappa shape index (κ3) is 3.59. The van der Waals surface area contributed by atoms with Crippen LogP contribution in [0.2, 0.25) is 0 Å². The van der Waals surface area contributed by atoms with Crippen molar-refractivity contribution in [1.82, 2.24) is 20.1 Å². The first-order chi connectivity index (χ1) is 13.1. The van der Waals surface area contributed by atoms with Gasteiger partial charge in [-0.05, 0) is 48.9 Å². The van der Waals surface area contributed by atoms with Gasteiger partial charge in [-0.3, -0.25) is 4.79 Å². The van der Waals surface area contributed by atoms with Gasteiger partial charge in [0, 0.05) is 6.54 Å². The molecule has 3 aromatic rings. The first-order valence-corrected chi connectivity index (χ1v) is 8.46. The Hall–Kier alpha value is -3.42. The highest BCUT2D eigenvalue weighted by Gasteiger charge is 2.16. The second-order valence-electron chi connectivity index (χ2n) is 6.03. The van der Waals surface area contributed by atoms with Crippen molar-refractivity contribution < 1.29 is 18.7 Å². The molecule has 27 heavy (non-hydrogen) atoms. The summed E-state index contributed by atoms with van der Waals surface area (Å²) < 4.78 is 25.6. The Labute approximate surface area is 154 Å². The molecule has 0 unspecified atom stereocenters. The van der Waals surface area contributed by atoms with Gasteiger partial charge in [0.2, 0.25) is 5.82 Å². The van der Waals surface area contributed by atoms with Crippen molar-refractivity contribution in [3.63, 3.8) is 0 Å². The number of carbonyl (C=O) groups excluding carboxylic acids is 1. The summed E-state index contributed by atoms with van der Waals surface area (Å²) in [5, 5.41) is 7.01. The lowest BCUT2D eigenvalue weighted by atomic mass is 10.2. The van der Waals surface area contributed by atoms with E-state index in [1.165, 1.54) is 16.8 Å². The van der Waals surface area contributed by atoms with E-state index in [1.54, 1.807) is 19.1 Å². The summed E-state index contributed by atoms with van der Waals surface area (Å²) in [7, 11) is 0. The van der Waals surface area contributed by atoms with Crippen molar-refractivity contribution in [3.05, 3.63) is 65.5 Å². The highest BCUT2D eigenvalue weighted by molar-refractivity contribution is 5.90. The van der Waals surface area contributed by atoms with Crippen LogP contribution in [0, 0.1) is 12.7 Å². The molecule has 7 nitrogen and oxygen atoms in total. The number of aryl methyl sites for hydroxylation is 1. The van der Waals surface area contributed by atoms with Crippen LogP contribution in [-0.4, -0.2) is 33.9 Å². The number of ether oxygens (including phenoxy) is 2. The smallest absolute Gasteiger partial charge is 0.291 e. The van der Waals surface area contributed by atoms with Crippen molar-refractivity contribution in [3.8, 4) is 17.2 Å². The monoisotopic (exact) mass is 368 g/mol.